The second-order valence-electron chi connectivity index (χ2n) is 6.49. The zero-order valence-electron chi connectivity index (χ0n) is 16.3. The highest BCUT2D eigenvalue weighted by Gasteiger charge is 2.18. The molecule has 8 heteroatoms. The molecule has 0 fully saturated rings. The van der Waals surface area contributed by atoms with Crippen LogP contribution in [0.4, 0.5) is 0 Å². The van der Waals surface area contributed by atoms with Gasteiger partial charge in [0.05, 0.1) is 5.75 Å². The minimum atomic E-state index is -0.261. The molecule has 1 aromatic heterocycles. The maximum Gasteiger partial charge on any atom is 0.230 e. The number of ether oxygens (including phenoxy) is 1. The molecule has 1 amide bonds. The molecule has 0 aliphatic heterocycles. The van der Waals surface area contributed by atoms with Gasteiger partial charge in [-0.1, -0.05) is 58.0 Å². The molecule has 1 unspecified atom stereocenters. The Bertz CT molecular complexity index is 932. The molecule has 0 saturated carbocycles. The van der Waals surface area contributed by atoms with Crippen molar-refractivity contribution in [2.75, 3.05) is 12.3 Å². The second kappa shape index (κ2) is 10.5. The fourth-order valence-corrected chi connectivity index (χ4v) is 3.76. The van der Waals surface area contributed by atoms with Gasteiger partial charge in [-0.2, -0.15) is 0 Å². The summed E-state index contributed by atoms with van der Waals surface area (Å²) in [6.07, 6.45) is 0.554. The van der Waals surface area contributed by atoms with E-state index in [1.165, 1.54) is 17.3 Å². The van der Waals surface area contributed by atoms with Crippen molar-refractivity contribution in [3.63, 3.8) is 0 Å². The van der Waals surface area contributed by atoms with Gasteiger partial charge in [0.25, 0.3) is 0 Å². The van der Waals surface area contributed by atoms with Gasteiger partial charge < -0.3 is 14.6 Å². The molecule has 3 rings (SSSR count). The van der Waals surface area contributed by atoms with Crippen LogP contribution in [0.2, 0.25) is 0 Å². The molecule has 0 saturated heterocycles. The Morgan fingerprint density at radius 1 is 1.17 bits per heavy atom. The molecule has 152 valence electrons. The van der Waals surface area contributed by atoms with Crippen molar-refractivity contribution in [3.05, 3.63) is 70.5 Å². The second-order valence-corrected chi connectivity index (χ2v) is 8.35. The highest BCUT2D eigenvalue weighted by atomic mass is 79.9. The van der Waals surface area contributed by atoms with Gasteiger partial charge >= 0.3 is 0 Å². The first kappa shape index (κ1) is 21.4. The lowest BCUT2D eigenvalue weighted by atomic mass is 10.1. The fraction of sp³-hybridized carbons (Fsp3) is 0.286. The molecule has 0 aliphatic carbocycles. The number of nitrogens with zero attached hydrogens (tertiary/aromatic N) is 3. The largest absolute Gasteiger partial charge is 0.483 e. The Morgan fingerprint density at radius 3 is 2.62 bits per heavy atom. The Hall–Kier alpha value is -2.32. The SMILES string of the molecule is CC(Oc1ccc(Br)cc1)c1nnc(SCC(=O)NCCc2ccccc2)n1C. The van der Waals surface area contributed by atoms with E-state index in [2.05, 4.69) is 43.6 Å². The summed E-state index contributed by atoms with van der Waals surface area (Å²) in [5, 5.41) is 12.1. The van der Waals surface area contributed by atoms with Crippen molar-refractivity contribution in [1.29, 1.82) is 0 Å². The first-order valence-corrected chi connectivity index (χ1v) is 11.1. The van der Waals surface area contributed by atoms with Crippen LogP contribution in [-0.4, -0.2) is 33.0 Å². The molecular weight excluding hydrogens is 452 g/mol. The Labute approximate surface area is 183 Å². The molecular formula is C21H23BrN4O2S. The Morgan fingerprint density at radius 2 is 1.90 bits per heavy atom. The molecule has 1 N–H and O–H groups in total. The van der Waals surface area contributed by atoms with Gasteiger partial charge in [-0.15, -0.1) is 10.2 Å². The van der Waals surface area contributed by atoms with Crippen molar-refractivity contribution < 1.29 is 9.53 Å². The van der Waals surface area contributed by atoms with Gasteiger partial charge in [-0.3, -0.25) is 4.79 Å². The van der Waals surface area contributed by atoms with E-state index in [1.54, 1.807) is 0 Å². The van der Waals surface area contributed by atoms with E-state index in [9.17, 15) is 4.79 Å². The number of aromatic nitrogens is 3. The number of carbonyl (C=O) groups is 1. The molecule has 0 radical (unpaired) electrons. The van der Waals surface area contributed by atoms with Gasteiger partial charge in [0.2, 0.25) is 5.91 Å². The summed E-state index contributed by atoms with van der Waals surface area (Å²) in [7, 11) is 1.88. The molecule has 29 heavy (non-hydrogen) atoms. The van der Waals surface area contributed by atoms with Crippen LogP contribution in [0, 0.1) is 0 Å². The predicted molar refractivity (Wildman–Crippen MR) is 118 cm³/mol. The number of thioether (sulfide) groups is 1. The summed E-state index contributed by atoms with van der Waals surface area (Å²) in [5.74, 6) is 1.74. The number of benzene rings is 2. The molecule has 2 aromatic carbocycles. The maximum atomic E-state index is 12.1. The van der Waals surface area contributed by atoms with E-state index in [0.717, 1.165) is 16.6 Å². The van der Waals surface area contributed by atoms with Crippen molar-refractivity contribution >= 4 is 33.6 Å². The zero-order chi connectivity index (χ0) is 20.6. The number of carbonyl (C=O) groups excluding carboxylic acids is 1. The van der Waals surface area contributed by atoms with Crippen molar-refractivity contribution in [2.45, 2.75) is 24.6 Å². The summed E-state index contributed by atoms with van der Waals surface area (Å²) in [4.78, 5) is 12.1. The molecule has 0 bridgehead atoms. The molecule has 0 spiro atoms. The van der Waals surface area contributed by atoms with E-state index in [4.69, 9.17) is 4.74 Å². The van der Waals surface area contributed by atoms with Crippen LogP contribution in [0.15, 0.2) is 64.2 Å². The lowest BCUT2D eigenvalue weighted by molar-refractivity contribution is -0.118. The van der Waals surface area contributed by atoms with E-state index < -0.39 is 0 Å². The normalized spacial score (nSPS) is 11.8. The molecule has 3 aromatic rings. The van der Waals surface area contributed by atoms with Crippen LogP contribution in [0.5, 0.6) is 5.75 Å². The van der Waals surface area contributed by atoms with E-state index in [0.29, 0.717) is 23.3 Å². The average Bonchev–Trinajstić information content (AvgIpc) is 3.09. The summed E-state index contributed by atoms with van der Waals surface area (Å²) in [5.41, 5.74) is 1.21. The highest BCUT2D eigenvalue weighted by molar-refractivity contribution is 9.10. The summed E-state index contributed by atoms with van der Waals surface area (Å²) in [6.45, 7) is 2.54. The summed E-state index contributed by atoms with van der Waals surface area (Å²) < 4.78 is 8.80. The first-order chi connectivity index (χ1) is 14.0. The standard InChI is InChI=1S/C21H23BrN4O2S/c1-15(28-18-10-8-17(22)9-11-18)20-24-25-21(26(20)2)29-14-19(27)23-13-12-16-6-4-3-5-7-16/h3-11,15H,12-14H2,1-2H3,(H,23,27). The van der Waals surface area contributed by atoms with Crippen LogP contribution >= 0.6 is 27.7 Å². The fourth-order valence-electron chi connectivity index (χ4n) is 2.75. The first-order valence-electron chi connectivity index (χ1n) is 9.28. The molecule has 0 aliphatic rings. The quantitative estimate of drug-likeness (QED) is 0.471. The summed E-state index contributed by atoms with van der Waals surface area (Å²) in [6, 6.07) is 17.7. The van der Waals surface area contributed by atoms with Gasteiger partial charge in [0.15, 0.2) is 17.1 Å². The third kappa shape index (κ3) is 6.33. The van der Waals surface area contributed by atoms with Gasteiger partial charge in [0, 0.05) is 18.1 Å². The van der Waals surface area contributed by atoms with Crippen LogP contribution in [0.3, 0.4) is 0 Å². The van der Waals surface area contributed by atoms with Crippen LogP contribution < -0.4 is 10.1 Å². The van der Waals surface area contributed by atoms with Crippen LogP contribution in [-0.2, 0) is 18.3 Å². The predicted octanol–water partition coefficient (Wildman–Crippen LogP) is 4.17. The number of hydrogen-bond acceptors (Lipinski definition) is 5. The third-order valence-corrected chi connectivity index (χ3v) is 5.82. The zero-order valence-corrected chi connectivity index (χ0v) is 18.7. The minimum Gasteiger partial charge on any atom is -0.483 e. The number of nitrogens with one attached hydrogen (secondary N) is 1. The third-order valence-electron chi connectivity index (χ3n) is 4.27. The lowest BCUT2D eigenvalue weighted by Crippen LogP contribution is -2.27. The van der Waals surface area contributed by atoms with Gasteiger partial charge in [-0.25, -0.2) is 0 Å². The number of amides is 1. The summed E-state index contributed by atoms with van der Waals surface area (Å²) >= 11 is 4.77. The van der Waals surface area contributed by atoms with E-state index in [-0.39, 0.29) is 12.0 Å². The molecule has 1 atom stereocenters. The molecule has 1 heterocycles. The lowest BCUT2D eigenvalue weighted by Gasteiger charge is -2.14. The van der Waals surface area contributed by atoms with E-state index in [1.807, 2.05) is 61.0 Å². The van der Waals surface area contributed by atoms with Gasteiger partial charge in [-0.05, 0) is 43.2 Å². The number of halogens is 1. The Balaban J connectivity index is 1.47. The van der Waals surface area contributed by atoms with E-state index >= 15 is 0 Å². The Kier molecular flexibility index (Phi) is 7.71. The van der Waals surface area contributed by atoms with Crippen molar-refractivity contribution in [2.24, 2.45) is 7.05 Å². The van der Waals surface area contributed by atoms with Crippen LogP contribution in [0.25, 0.3) is 0 Å². The number of hydrogen-bond donors (Lipinski definition) is 1. The number of rotatable bonds is 9. The molecule has 6 nitrogen and oxygen atoms in total. The topological polar surface area (TPSA) is 69.0 Å². The maximum absolute atomic E-state index is 12.1. The van der Waals surface area contributed by atoms with Gasteiger partial charge in [0.1, 0.15) is 5.75 Å². The highest BCUT2D eigenvalue weighted by Crippen LogP contribution is 2.24. The smallest absolute Gasteiger partial charge is 0.230 e. The van der Waals surface area contributed by atoms with Crippen LogP contribution in [0.1, 0.15) is 24.4 Å². The minimum absolute atomic E-state index is 0.0188. The van der Waals surface area contributed by atoms with Crippen molar-refractivity contribution in [3.8, 4) is 5.75 Å². The monoisotopic (exact) mass is 474 g/mol. The van der Waals surface area contributed by atoms with Crippen molar-refractivity contribution in [1.82, 2.24) is 20.1 Å². The average molecular weight is 475 g/mol.